The Morgan fingerprint density at radius 2 is 2.05 bits per heavy atom. The van der Waals surface area contributed by atoms with Crippen molar-refractivity contribution in [2.45, 2.75) is 25.9 Å². The van der Waals surface area contributed by atoms with Crippen LogP contribution in [0, 0.1) is 29.1 Å². The quantitative estimate of drug-likeness (QED) is 0.785. The fourth-order valence-electron chi connectivity index (χ4n) is 3.00. The second-order valence-corrected chi connectivity index (χ2v) is 5.40. The Bertz CT molecular complexity index is 417. The van der Waals surface area contributed by atoms with Crippen LogP contribution in [0.5, 0.6) is 0 Å². The smallest absolute Gasteiger partial charge is 0.307 e. The van der Waals surface area contributed by atoms with Crippen molar-refractivity contribution in [3.63, 3.8) is 0 Å². The van der Waals surface area contributed by atoms with Crippen molar-refractivity contribution in [2.24, 2.45) is 17.8 Å². The van der Waals surface area contributed by atoms with Crippen LogP contribution in [0.4, 0.5) is 0 Å². The predicted octanol–water partition coefficient (Wildman–Crippen LogP) is 0.484. The van der Waals surface area contributed by atoms with E-state index in [0.29, 0.717) is 26.0 Å². The summed E-state index contributed by atoms with van der Waals surface area (Å²) in [5.41, 5.74) is 0. The Hall–Kier alpha value is -1.61. The number of rotatable bonds is 2. The lowest BCUT2D eigenvalue weighted by atomic mass is 9.94. The third-order valence-corrected chi connectivity index (χ3v) is 3.95. The van der Waals surface area contributed by atoms with Gasteiger partial charge in [-0.05, 0) is 18.8 Å². The number of hydrogen-bond acceptors (Lipinski definition) is 4. The number of hydrogen-bond donors (Lipinski definition) is 1. The summed E-state index contributed by atoms with van der Waals surface area (Å²) in [6.45, 7) is 2.99. The van der Waals surface area contributed by atoms with E-state index in [4.69, 9.17) is 10.00 Å². The molecule has 0 spiro atoms. The van der Waals surface area contributed by atoms with Gasteiger partial charge >= 0.3 is 5.97 Å². The Labute approximate surface area is 111 Å². The number of carbonyl (C=O) groups is 2. The molecule has 6 heteroatoms. The third kappa shape index (κ3) is 2.87. The molecule has 19 heavy (non-hydrogen) atoms. The van der Waals surface area contributed by atoms with Crippen LogP contribution >= 0.6 is 0 Å². The molecule has 1 heterocycles. The predicted molar refractivity (Wildman–Crippen MR) is 64.9 cm³/mol. The first kappa shape index (κ1) is 13.8. The Morgan fingerprint density at radius 3 is 2.68 bits per heavy atom. The number of morpholine rings is 1. The average Bonchev–Trinajstić information content (AvgIpc) is 2.80. The lowest BCUT2D eigenvalue weighted by Gasteiger charge is -2.32. The van der Waals surface area contributed by atoms with Crippen molar-refractivity contribution in [1.82, 2.24) is 4.90 Å². The van der Waals surface area contributed by atoms with E-state index < -0.39 is 23.9 Å². The molecule has 1 aliphatic heterocycles. The van der Waals surface area contributed by atoms with E-state index >= 15 is 0 Å². The van der Waals surface area contributed by atoms with Crippen LogP contribution < -0.4 is 0 Å². The van der Waals surface area contributed by atoms with Gasteiger partial charge < -0.3 is 14.7 Å². The van der Waals surface area contributed by atoms with Crippen LogP contribution in [-0.2, 0) is 14.3 Å². The largest absolute Gasteiger partial charge is 0.481 e. The van der Waals surface area contributed by atoms with Gasteiger partial charge in [0.15, 0.2) is 6.10 Å². The minimum Gasteiger partial charge on any atom is -0.481 e. The first-order valence-electron chi connectivity index (χ1n) is 6.55. The molecule has 2 fully saturated rings. The topological polar surface area (TPSA) is 90.6 Å². The van der Waals surface area contributed by atoms with Gasteiger partial charge in [0.05, 0.1) is 31.1 Å². The number of amides is 1. The summed E-state index contributed by atoms with van der Waals surface area (Å²) in [4.78, 5) is 25.2. The Kier molecular flexibility index (Phi) is 4.05. The highest BCUT2D eigenvalue weighted by atomic mass is 16.5. The van der Waals surface area contributed by atoms with Gasteiger partial charge in [-0.1, -0.05) is 6.92 Å². The Balaban J connectivity index is 2.06. The van der Waals surface area contributed by atoms with Gasteiger partial charge in [-0.15, -0.1) is 0 Å². The van der Waals surface area contributed by atoms with E-state index in [1.54, 1.807) is 4.90 Å². The zero-order valence-corrected chi connectivity index (χ0v) is 10.9. The second-order valence-electron chi connectivity index (χ2n) is 5.40. The molecule has 1 aliphatic carbocycles. The average molecular weight is 266 g/mol. The van der Waals surface area contributed by atoms with Crippen molar-refractivity contribution in [1.29, 1.82) is 5.26 Å². The number of carboxylic acid groups (broad SMARTS) is 1. The molecule has 0 aromatic carbocycles. The number of carbonyl (C=O) groups excluding carboxylic acids is 1. The molecule has 1 N–H and O–H groups in total. The van der Waals surface area contributed by atoms with E-state index in [-0.39, 0.29) is 18.4 Å². The molecule has 1 saturated heterocycles. The summed E-state index contributed by atoms with van der Waals surface area (Å²) < 4.78 is 5.19. The summed E-state index contributed by atoms with van der Waals surface area (Å²) >= 11 is 0. The second kappa shape index (κ2) is 5.57. The van der Waals surface area contributed by atoms with Crippen LogP contribution in [0.1, 0.15) is 19.8 Å². The van der Waals surface area contributed by atoms with Gasteiger partial charge in [-0.2, -0.15) is 5.26 Å². The summed E-state index contributed by atoms with van der Waals surface area (Å²) in [6.07, 6.45) is 0.571. The molecular weight excluding hydrogens is 248 g/mol. The molecule has 0 aromatic rings. The van der Waals surface area contributed by atoms with E-state index in [1.165, 1.54) is 0 Å². The molecule has 1 saturated carbocycles. The lowest BCUT2D eigenvalue weighted by molar-refractivity contribution is -0.151. The van der Waals surface area contributed by atoms with Crippen molar-refractivity contribution in [3.8, 4) is 6.07 Å². The number of aliphatic carboxylic acids is 1. The first-order chi connectivity index (χ1) is 9.02. The van der Waals surface area contributed by atoms with Crippen LogP contribution in [-0.4, -0.2) is 47.7 Å². The van der Waals surface area contributed by atoms with Crippen LogP contribution in [0.15, 0.2) is 0 Å². The number of nitriles is 1. The van der Waals surface area contributed by atoms with Gasteiger partial charge in [0.2, 0.25) is 5.91 Å². The maximum absolute atomic E-state index is 12.4. The van der Waals surface area contributed by atoms with Gasteiger partial charge in [0, 0.05) is 6.54 Å². The molecular formula is C13H18N2O4. The van der Waals surface area contributed by atoms with Crippen molar-refractivity contribution in [3.05, 3.63) is 0 Å². The lowest BCUT2D eigenvalue weighted by Crippen LogP contribution is -2.48. The monoisotopic (exact) mass is 266 g/mol. The zero-order chi connectivity index (χ0) is 14.0. The molecule has 0 bridgehead atoms. The van der Waals surface area contributed by atoms with Gasteiger partial charge in [0.25, 0.3) is 0 Å². The third-order valence-electron chi connectivity index (χ3n) is 3.95. The van der Waals surface area contributed by atoms with Crippen LogP contribution in [0.2, 0.25) is 0 Å². The molecule has 2 aliphatic rings. The molecule has 104 valence electrons. The standard InChI is InChI=1S/C13H18N2O4/c1-8-4-10(11(5-8)13(17)18)12(16)15-2-3-19-9(6-14)7-15/h8-11H,2-5,7H2,1H3,(H,17,18). The molecule has 6 nitrogen and oxygen atoms in total. The molecule has 0 radical (unpaired) electrons. The number of ether oxygens (including phenoxy) is 1. The summed E-state index contributed by atoms with van der Waals surface area (Å²) in [5, 5.41) is 18.0. The van der Waals surface area contributed by atoms with E-state index in [0.717, 1.165) is 0 Å². The number of nitrogens with zero attached hydrogens (tertiary/aromatic N) is 2. The molecule has 4 unspecified atom stereocenters. The molecule has 4 atom stereocenters. The van der Waals surface area contributed by atoms with Crippen molar-refractivity contribution >= 4 is 11.9 Å². The van der Waals surface area contributed by atoms with Crippen LogP contribution in [0.3, 0.4) is 0 Å². The Morgan fingerprint density at radius 1 is 1.37 bits per heavy atom. The highest BCUT2D eigenvalue weighted by molar-refractivity contribution is 5.85. The summed E-state index contributed by atoms with van der Waals surface area (Å²) in [6, 6.07) is 1.99. The van der Waals surface area contributed by atoms with E-state index in [9.17, 15) is 14.7 Å². The van der Waals surface area contributed by atoms with E-state index in [1.807, 2.05) is 13.0 Å². The van der Waals surface area contributed by atoms with Gasteiger partial charge in [-0.3, -0.25) is 9.59 Å². The summed E-state index contributed by atoms with van der Waals surface area (Å²) in [7, 11) is 0. The maximum atomic E-state index is 12.4. The molecule has 1 amide bonds. The zero-order valence-electron chi connectivity index (χ0n) is 10.9. The van der Waals surface area contributed by atoms with Crippen molar-refractivity contribution in [2.75, 3.05) is 19.7 Å². The van der Waals surface area contributed by atoms with Gasteiger partial charge in [-0.25, -0.2) is 0 Å². The minimum atomic E-state index is -0.896. The maximum Gasteiger partial charge on any atom is 0.307 e. The summed E-state index contributed by atoms with van der Waals surface area (Å²) in [5.74, 6) is -1.83. The highest BCUT2D eigenvalue weighted by Gasteiger charge is 2.43. The molecule has 0 aromatic heterocycles. The molecule has 2 rings (SSSR count). The van der Waals surface area contributed by atoms with E-state index in [2.05, 4.69) is 0 Å². The fourth-order valence-corrected chi connectivity index (χ4v) is 3.00. The highest BCUT2D eigenvalue weighted by Crippen LogP contribution is 2.37. The SMILES string of the molecule is CC1CC(C(=O)O)C(C(=O)N2CCOC(C#N)C2)C1. The fraction of sp³-hybridized carbons (Fsp3) is 0.769. The minimum absolute atomic E-state index is 0.139. The van der Waals surface area contributed by atoms with Crippen molar-refractivity contribution < 1.29 is 19.4 Å². The normalized spacial score (nSPS) is 34.8. The van der Waals surface area contributed by atoms with Crippen LogP contribution in [0.25, 0.3) is 0 Å². The van der Waals surface area contributed by atoms with Gasteiger partial charge in [0.1, 0.15) is 0 Å². The first-order valence-corrected chi connectivity index (χ1v) is 6.55. The number of carboxylic acids is 1.